The number of amides is 1. The summed E-state index contributed by atoms with van der Waals surface area (Å²) in [6, 6.07) is 5.66. The van der Waals surface area contributed by atoms with E-state index in [-0.39, 0.29) is 17.9 Å². The maximum atomic E-state index is 10.8. The van der Waals surface area contributed by atoms with Crippen LogP contribution in [0.5, 0.6) is 0 Å². The second kappa shape index (κ2) is 9.45. The van der Waals surface area contributed by atoms with Crippen LogP contribution in [0, 0.1) is 0 Å². The molecule has 0 unspecified atom stereocenters. The predicted octanol–water partition coefficient (Wildman–Crippen LogP) is 2.22. The third-order valence-corrected chi connectivity index (χ3v) is 4.44. The highest BCUT2D eigenvalue weighted by molar-refractivity contribution is 6.42. The number of benzene rings is 1. The van der Waals surface area contributed by atoms with Gasteiger partial charge in [0.1, 0.15) is 0 Å². The van der Waals surface area contributed by atoms with Crippen LogP contribution in [0.1, 0.15) is 18.4 Å². The zero-order chi connectivity index (χ0) is 16.7. The van der Waals surface area contributed by atoms with Crippen LogP contribution in [0.3, 0.4) is 0 Å². The lowest BCUT2D eigenvalue weighted by Crippen LogP contribution is -2.32. The fourth-order valence-corrected chi connectivity index (χ4v) is 2.83. The van der Waals surface area contributed by atoms with Crippen molar-refractivity contribution in [2.24, 2.45) is 0 Å². The third kappa shape index (κ3) is 5.94. The molecular formula is C16H22Cl2N2O3. The minimum atomic E-state index is -0.0698. The Morgan fingerprint density at radius 3 is 3.00 bits per heavy atom. The first-order chi connectivity index (χ1) is 11.1. The summed E-state index contributed by atoms with van der Waals surface area (Å²) < 4.78 is 11.6. The van der Waals surface area contributed by atoms with Crippen LogP contribution in [-0.2, 0) is 14.3 Å². The normalized spacial score (nSPS) is 21.7. The molecule has 1 fully saturated rings. The molecule has 0 aliphatic carbocycles. The van der Waals surface area contributed by atoms with E-state index in [0.717, 1.165) is 18.7 Å². The number of rotatable bonds is 6. The molecule has 2 N–H and O–H groups in total. The van der Waals surface area contributed by atoms with Gasteiger partial charge in [-0.25, -0.2) is 0 Å². The average molecular weight is 361 g/mol. The molecule has 0 radical (unpaired) electrons. The van der Waals surface area contributed by atoms with Crippen molar-refractivity contribution in [1.29, 1.82) is 0 Å². The van der Waals surface area contributed by atoms with E-state index in [0.29, 0.717) is 36.4 Å². The van der Waals surface area contributed by atoms with Crippen LogP contribution in [0.4, 0.5) is 0 Å². The predicted molar refractivity (Wildman–Crippen MR) is 91.3 cm³/mol. The van der Waals surface area contributed by atoms with Crippen molar-refractivity contribution in [3.05, 3.63) is 33.8 Å². The van der Waals surface area contributed by atoms with Gasteiger partial charge in [0.2, 0.25) is 5.91 Å². The Morgan fingerprint density at radius 1 is 1.43 bits per heavy atom. The number of ether oxygens (including phenoxy) is 2. The molecule has 128 valence electrons. The molecule has 0 spiro atoms. The molecule has 7 heteroatoms. The van der Waals surface area contributed by atoms with Crippen LogP contribution in [0.25, 0.3) is 0 Å². The van der Waals surface area contributed by atoms with E-state index in [9.17, 15) is 4.79 Å². The van der Waals surface area contributed by atoms with E-state index in [2.05, 4.69) is 10.6 Å². The highest BCUT2D eigenvalue weighted by atomic mass is 35.5. The summed E-state index contributed by atoms with van der Waals surface area (Å²) in [6.07, 6.45) is -0.0698. The Hall–Kier alpha value is -0.850. The summed E-state index contributed by atoms with van der Waals surface area (Å²) in [4.78, 5) is 10.8. The second-order valence-electron chi connectivity index (χ2n) is 5.45. The summed E-state index contributed by atoms with van der Waals surface area (Å²) in [7, 11) is 0. The molecule has 23 heavy (non-hydrogen) atoms. The largest absolute Gasteiger partial charge is 0.377 e. The van der Waals surface area contributed by atoms with Crippen LogP contribution in [0.2, 0.25) is 10.0 Å². The van der Waals surface area contributed by atoms with Gasteiger partial charge < -0.3 is 20.1 Å². The summed E-state index contributed by atoms with van der Waals surface area (Å²) in [5.41, 5.74) is 1.07. The fourth-order valence-electron chi connectivity index (χ4n) is 2.53. The first-order valence-corrected chi connectivity index (χ1v) is 8.43. The molecule has 2 atom stereocenters. The topological polar surface area (TPSA) is 59.6 Å². The van der Waals surface area contributed by atoms with E-state index < -0.39 is 0 Å². The van der Waals surface area contributed by atoms with E-state index in [1.54, 1.807) is 6.07 Å². The number of carbonyl (C=O) groups excluding carboxylic acids is 1. The Balaban J connectivity index is 1.96. The summed E-state index contributed by atoms with van der Waals surface area (Å²) in [5, 5.41) is 7.15. The van der Waals surface area contributed by atoms with Crippen molar-refractivity contribution in [3.8, 4) is 0 Å². The Labute approximate surface area is 146 Å². The molecule has 1 aromatic rings. The number of halogens is 2. The number of hydrogen-bond acceptors (Lipinski definition) is 4. The van der Waals surface area contributed by atoms with Gasteiger partial charge in [0.05, 0.1) is 36.0 Å². The van der Waals surface area contributed by atoms with Gasteiger partial charge in [-0.1, -0.05) is 29.3 Å². The van der Waals surface area contributed by atoms with Gasteiger partial charge in [0.15, 0.2) is 0 Å². The minimum absolute atomic E-state index is 0.0581. The van der Waals surface area contributed by atoms with Gasteiger partial charge in [-0.15, -0.1) is 0 Å². The molecule has 0 bridgehead atoms. The molecule has 0 aromatic heterocycles. The molecule has 1 aromatic carbocycles. The third-order valence-electron chi connectivity index (χ3n) is 3.70. The molecular weight excluding hydrogens is 339 g/mol. The first-order valence-electron chi connectivity index (χ1n) is 7.67. The lowest BCUT2D eigenvalue weighted by molar-refractivity contribution is -0.119. The molecule has 2 rings (SSSR count). The molecule has 1 aliphatic rings. The van der Waals surface area contributed by atoms with Crippen molar-refractivity contribution >= 4 is 29.1 Å². The summed E-state index contributed by atoms with van der Waals surface area (Å²) in [6.45, 7) is 5.14. The van der Waals surface area contributed by atoms with Crippen molar-refractivity contribution in [1.82, 2.24) is 10.6 Å². The number of hydrogen-bond donors (Lipinski definition) is 2. The van der Waals surface area contributed by atoms with Crippen molar-refractivity contribution in [3.63, 3.8) is 0 Å². The molecule has 5 nitrogen and oxygen atoms in total. The van der Waals surface area contributed by atoms with Crippen LogP contribution in [0.15, 0.2) is 18.2 Å². The molecule has 1 saturated heterocycles. The van der Waals surface area contributed by atoms with E-state index in [1.807, 2.05) is 12.1 Å². The highest BCUT2D eigenvalue weighted by Crippen LogP contribution is 2.29. The zero-order valence-corrected chi connectivity index (χ0v) is 14.6. The van der Waals surface area contributed by atoms with Gasteiger partial charge >= 0.3 is 0 Å². The minimum Gasteiger partial charge on any atom is -0.377 e. The molecule has 1 aliphatic heterocycles. The van der Waals surface area contributed by atoms with Gasteiger partial charge in [-0.3, -0.25) is 4.79 Å². The molecule has 1 amide bonds. The van der Waals surface area contributed by atoms with Gasteiger partial charge in [-0.2, -0.15) is 0 Å². The fraction of sp³-hybridized carbons (Fsp3) is 0.562. The molecule has 0 saturated carbocycles. The summed E-state index contributed by atoms with van der Waals surface area (Å²) in [5.74, 6) is 0.0743. The highest BCUT2D eigenvalue weighted by Gasteiger charge is 2.26. The standard InChI is InChI=1S/C16H22Cl2N2O3/c1-11(21)20-5-6-22-10-16-13(9-19-4-7-23-16)12-2-3-14(17)15(18)8-12/h2-3,8,13,16,19H,4-7,9-10H2,1H3,(H,20,21)/t13-,16-/m0/s1. The van der Waals surface area contributed by atoms with E-state index >= 15 is 0 Å². The second-order valence-corrected chi connectivity index (χ2v) is 6.27. The van der Waals surface area contributed by atoms with E-state index in [1.165, 1.54) is 6.92 Å². The SMILES string of the molecule is CC(=O)NCCOC[C@@H]1OCCNC[C@H]1c1ccc(Cl)c(Cl)c1. The van der Waals surface area contributed by atoms with E-state index in [4.69, 9.17) is 32.7 Å². The smallest absolute Gasteiger partial charge is 0.216 e. The van der Waals surface area contributed by atoms with Gasteiger partial charge in [0.25, 0.3) is 0 Å². The van der Waals surface area contributed by atoms with Crippen LogP contribution in [-0.4, -0.2) is 51.5 Å². The van der Waals surface area contributed by atoms with Crippen LogP contribution < -0.4 is 10.6 Å². The van der Waals surface area contributed by atoms with Crippen molar-refractivity contribution in [2.75, 3.05) is 39.5 Å². The van der Waals surface area contributed by atoms with Crippen LogP contribution >= 0.6 is 23.2 Å². The van der Waals surface area contributed by atoms with Crippen molar-refractivity contribution < 1.29 is 14.3 Å². The quantitative estimate of drug-likeness (QED) is 0.763. The van der Waals surface area contributed by atoms with Crippen molar-refractivity contribution in [2.45, 2.75) is 18.9 Å². The lowest BCUT2D eigenvalue weighted by Gasteiger charge is -2.25. The maximum Gasteiger partial charge on any atom is 0.216 e. The monoisotopic (exact) mass is 360 g/mol. The Bertz CT molecular complexity index is 528. The first kappa shape index (κ1) is 18.5. The van der Waals surface area contributed by atoms with Gasteiger partial charge in [0, 0.05) is 32.5 Å². The number of nitrogens with one attached hydrogen (secondary N) is 2. The average Bonchev–Trinajstić information content (AvgIpc) is 2.75. The number of carbonyl (C=O) groups is 1. The Morgan fingerprint density at radius 2 is 2.26 bits per heavy atom. The zero-order valence-electron chi connectivity index (χ0n) is 13.1. The Kier molecular flexibility index (Phi) is 7.59. The maximum absolute atomic E-state index is 10.8. The summed E-state index contributed by atoms with van der Waals surface area (Å²) >= 11 is 12.1. The van der Waals surface area contributed by atoms with Gasteiger partial charge in [-0.05, 0) is 17.7 Å². The molecule has 1 heterocycles. The lowest BCUT2D eigenvalue weighted by atomic mass is 9.93.